The Kier molecular flexibility index (Phi) is 7.07. The SMILES string of the molecule is CCOc1ccc([C@@H](C)NC(=O)CN(c2cccc(C)c2C)S(C)(=O)=O)cc1. The van der Waals surface area contributed by atoms with Crippen molar-refractivity contribution in [3.05, 3.63) is 59.2 Å². The van der Waals surface area contributed by atoms with Crippen molar-refractivity contribution in [2.75, 3.05) is 23.7 Å². The summed E-state index contributed by atoms with van der Waals surface area (Å²) in [6.45, 7) is 7.85. The predicted octanol–water partition coefficient (Wildman–Crippen LogP) is 3.35. The third-order valence-corrected chi connectivity index (χ3v) is 5.73. The Balaban J connectivity index is 2.14. The summed E-state index contributed by atoms with van der Waals surface area (Å²) in [5, 5.41) is 2.87. The highest BCUT2D eigenvalue weighted by Crippen LogP contribution is 2.25. The zero-order valence-electron chi connectivity index (χ0n) is 17.0. The van der Waals surface area contributed by atoms with Crippen LogP contribution >= 0.6 is 0 Å². The largest absolute Gasteiger partial charge is 0.494 e. The number of sulfonamides is 1. The fourth-order valence-electron chi connectivity index (χ4n) is 2.91. The summed E-state index contributed by atoms with van der Waals surface area (Å²) in [6.07, 6.45) is 1.11. The Bertz CT molecular complexity index is 924. The Morgan fingerprint density at radius 3 is 2.36 bits per heavy atom. The van der Waals surface area contributed by atoms with E-state index in [1.807, 2.05) is 58.0 Å². The van der Waals surface area contributed by atoms with Crippen LogP contribution in [-0.2, 0) is 14.8 Å². The Hall–Kier alpha value is -2.54. The van der Waals surface area contributed by atoms with Gasteiger partial charge in [-0.25, -0.2) is 8.42 Å². The molecule has 2 aromatic carbocycles. The van der Waals surface area contributed by atoms with Crippen LogP contribution in [0.3, 0.4) is 0 Å². The van der Waals surface area contributed by atoms with Crippen LogP contribution < -0.4 is 14.4 Å². The fourth-order valence-corrected chi connectivity index (χ4v) is 3.81. The van der Waals surface area contributed by atoms with E-state index in [2.05, 4.69) is 5.32 Å². The topological polar surface area (TPSA) is 75.7 Å². The second-order valence-corrected chi connectivity index (χ2v) is 8.69. The van der Waals surface area contributed by atoms with Gasteiger partial charge in [-0.3, -0.25) is 9.10 Å². The van der Waals surface area contributed by atoms with Crippen LogP contribution in [0.25, 0.3) is 0 Å². The Labute approximate surface area is 167 Å². The van der Waals surface area contributed by atoms with Crippen LogP contribution in [0.5, 0.6) is 5.75 Å². The number of nitrogens with zero attached hydrogens (tertiary/aromatic N) is 1. The lowest BCUT2D eigenvalue weighted by atomic mass is 10.1. The molecule has 0 unspecified atom stereocenters. The van der Waals surface area contributed by atoms with Gasteiger partial charge in [0.1, 0.15) is 12.3 Å². The first-order valence-electron chi connectivity index (χ1n) is 9.19. The molecule has 0 aliphatic rings. The molecule has 152 valence electrons. The van der Waals surface area contributed by atoms with Crippen LogP contribution in [0.2, 0.25) is 0 Å². The van der Waals surface area contributed by atoms with E-state index in [4.69, 9.17) is 4.74 Å². The third-order valence-electron chi connectivity index (χ3n) is 4.60. The molecule has 0 fully saturated rings. The lowest BCUT2D eigenvalue weighted by Crippen LogP contribution is -2.41. The van der Waals surface area contributed by atoms with Gasteiger partial charge in [0.15, 0.2) is 0 Å². The summed E-state index contributed by atoms with van der Waals surface area (Å²) in [6, 6.07) is 12.6. The molecular formula is C21H28N2O4S. The zero-order valence-corrected chi connectivity index (χ0v) is 17.8. The molecule has 0 aliphatic heterocycles. The predicted molar refractivity (Wildman–Crippen MR) is 112 cm³/mol. The van der Waals surface area contributed by atoms with Gasteiger partial charge in [-0.1, -0.05) is 24.3 Å². The molecule has 0 heterocycles. The highest BCUT2D eigenvalue weighted by Gasteiger charge is 2.23. The molecule has 2 aromatic rings. The minimum absolute atomic E-state index is 0.261. The van der Waals surface area contributed by atoms with Gasteiger partial charge in [-0.2, -0.15) is 0 Å². The summed E-state index contributed by atoms with van der Waals surface area (Å²) < 4.78 is 31.2. The molecule has 0 bridgehead atoms. The van der Waals surface area contributed by atoms with Crippen LogP contribution in [0, 0.1) is 13.8 Å². The smallest absolute Gasteiger partial charge is 0.241 e. The molecule has 1 N–H and O–H groups in total. The van der Waals surface area contributed by atoms with E-state index in [0.717, 1.165) is 33.0 Å². The minimum Gasteiger partial charge on any atom is -0.494 e. The van der Waals surface area contributed by atoms with Crippen molar-refractivity contribution in [3.63, 3.8) is 0 Å². The van der Waals surface area contributed by atoms with Crippen molar-refractivity contribution < 1.29 is 17.9 Å². The molecule has 0 radical (unpaired) electrons. The van der Waals surface area contributed by atoms with Crippen LogP contribution in [0.1, 0.15) is 36.6 Å². The number of nitrogens with one attached hydrogen (secondary N) is 1. The number of hydrogen-bond acceptors (Lipinski definition) is 4. The number of benzene rings is 2. The molecule has 2 rings (SSSR count). The van der Waals surface area contributed by atoms with Crippen LogP contribution in [0.4, 0.5) is 5.69 Å². The van der Waals surface area contributed by atoms with Crippen molar-refractivity contribution in [2.45, 2.75) is 33.7 Å². The average molecular weight is 405 g/mol. The first-order valence-corrected chi connectivity index (χ1v) is 11.0. The zero-order chi connectivity index (χ0) is 20.9. The third kappa shape index (κ3) is 5.48. The standard InChI is InChI=1S/C21H28N2O4S/c1-6-27-19-12-10-18(11-13-19)17(4)22-21(24)14-23(28(5,25)26)20-9-7-8-15(2)16(20)3/h7-13,17H,6,14H2,1-5H3,(H,22,24)/t17-/m1/s1. The Morgan fingerprint density at radius 2 is 1.79 bits per heavy atom. The summed E-state index contributed by atoms with van der Waals surface area (Å²) >= 11 is 0. The average Bonchev–Trinajstić information content (AvgIpc) is 2.62. The van der Waals surface area contributed by atoms with Gasteiger partial charge in [0.25, 0.3) is 0 Å². The quantitative estimate of drug-likeness (QED) is 0.732. The summed E-state index contributed by atoms with van der Waals surface area (Å²) in [7, 11) is -3.61. The maximum atomic E-state index is 12.6. The number of amides is 1. The summed E-state index contributed by atoms with van der Waals surface area (Å²) in [4.78, 5) is 12.6. The molecule has 0 aromatic heterocycles. The van der Waals surface area contributed by atoms with E-state index in [1.54, 1.807) is 12.1 Å². The fraction of sp³-hybridized carbons (Fsp3) is 0.381. The van der Waals surface area contributed by atoms with Gasteiger partial charge in [0, 0.05) is 0 Å². The first kappa shape index (κ1) is 21.8. The monoisotopic (exact) mass is 404 g/mol. The number of rotatable bonds is 8. The van der Waals surface area contributed by atoms with Crippen molar-refractivity contribution in [1.29, 1.82) is 0 Å². The van der Waals surface area contributed by atoms with Crippen molar-refractivity contribution >= 4 is 21.6 Å². The molecular weight excluding hydrogens is 376 g/mol. The molecule has 1 amide bonds. The van der Waals surface area contributed by atoms with Crippen molar-refractivity contribution in [1.82, 2.24) is 5.32 Å². The molecule has 0 saturated carbocycles. The van der Waals surface area contributed by atoms with E-state index >= 15 is 0 Å². The van der Waals surface area contributed by atoms with Gasteiger partial charge in [0.2, 0.25) is 15.9 Å². The summed E-state index contributed by atoms with van der Waals surface area (Å²) in [5.74, 6) is 0.399. The van der Waals surface area contributed by atoms with E-state index in [0.29, 0.717) is 12.3 Å². The normalized spacial score (nSPS) is 12.3. The van der Waals surface area contributed by atoms with E-state index in [9.17, 15) is 13.2 Å². The van der Waals surface area contributed by atoms with Crippen LogP contribution in [0.15, 0.2) is 42.5 Å². The number of aryl methyl sites for hydroxylation is 1. The second kappa shape index (κ2) is 9.10. The van der Waals surface area contributed by atoms with Crippen molar-refractivity contribution in [3.8, 4) is 5.75 Å². The molecule has 1 atom stereocenters. The van der Waals surface area contributed by atoms with E-state index < -0.39 is 10.0 Å². The Morgan fingerprint density at radius 1 is 1.14 bits per heavy atom. The summed E-state index contributed by atoms with van der Waals surface area (Å²) in [5.41, 5.74) is 3.23. The number of carbonyl (C=O) groups is 1. The van der Waals surface area contributed by atoms with E-state index in [1.165, 1.54) is 0 Å². The minimum atomic E-state index is -3.61. The van der Waals surface area contributed by atoms with Crippen LogP contribution in [-0.4, -0.2) is 33.7 Å². The second-order valence-electron chi connectivity index (χ2n) is 6.78. The highest BCUT2D eigenvalue weighted by molar-refractivity contribution is 7.92. The maximum absolute atomic E-state index is 12.6. The molecule has 28 heavy (non-hydrogen) atoms. The van der Waals surface area contributed by atoms with Gasteiger partial charge in [-0.05, 0) is 62.6 Å². The molecule has 6 nitrogen and oxygen atoms in total. The first-order chi connectivity index (χ1) is 13.1. The molecule has 7 heteroatoms. The number of anilines is 1. The number of hydrogen-bond donors (Lipinski definition) is 1. The highest BCUT2D eigenvalue weighted by atomic mass is 32.2. The lowest BCUT2D eigenvalue weighted by Gasteiger charge is -2.25. The van der Waals surface area contributed by atoms with Gasteiger partial charge in [0.05, 0.1) is 24.6 Å². The van der Waals surface area contributed by atoms with Gasteiger partial charge in [-0.15, -0.1) is 0 Å². The lowest BCUT2D eigenvalue weighted by molar-refractivity contribution is -0.120. The van der Waals surface area contributed by atoms with Crippen molar-refractivity contribution in [2.24, 2.45) is 0 Å². The molecule has 0 saturated heterocycles. The van der Waals surface area contributed by atoms with Gasteiger partial charge >= 0.3 is 0 Å². The molecule has 0 spiro atoms. The number of carbonyl (C=O) groups excluding carboxylic acids is 1. The maximum Gasteiger partial charge on any atom is 0.241 e. The van der Waals surface area contributed by atoms with Gasteiger partial charge < -0.3 is 10.1 Å². The number of ether oxygens (including phenoxy) is 1. The molecule has 0 aliphatic carbocycles. The van der Waals surface area contributed by atoms with E-state index in [-0.39, 0.29) is 18.5 Å².